The fourth-order valence-electron chi connectivity index (χ4n) is 3.00. The van der Waals surface area contributed by atoms with Crippen molar-refractivity contribution in [3.8, 4) is 0 Å². The summed E-state index contributed by atoms with van der Waals surface area (Å²) in [6.45, 7) is 8.05. The molecule has 1 aromatic rings. The number of aromatic nitrogens is 2. The molecule has 0 radical (unpaired) electrons. The first kappa shape index (κ1) is 15.8. The number of piperidine rings is 1. The second-order valence-corrected chi connectivity index (χ2v) is 5.79. The van der Waals surface area contributed by atoms with Crippen molar-refractivity contribution in [2.45, 2.75) is 32.7 Å². The van der Waals surface area contributed by atoms with Gasteiger partial charge in [-0.2, -0.15) is 0 Å². The van der Waals surface area contributed by atoms with E-state index < -0.39 is 0 Å². The molecule has 0 amide bonds. The van der Waals surface area contributed by atoms with Crippen LogP contribution >= 0.6 is 0 Å². The van der Waals surface area contributed by atoms with Gasteiger partial charge in [-0.05, 0) is 40.8 Å². The van der Waals surface area contributed by atoms with E-state index in [1.807, 2.05) is 0 Å². The van der Waals surface area contributed by atoms with Gasteiger partial charge in [0.05, 0.1) is 0 Å². The maximum absolute atomic E-state index is 6.34. The monoisotopic (exact) mass is 292 g/mol. The average Bonchev–Trinajstić information content (AvgIpc) is 2.50. The molecule has 0 bridgehead atoms. The predicted octanol–water partition coefficient (Wildman–Crippen LogP) is 1.44. The summed E-state index contributed by atoms with van der Waals surface area (Å²) < 4.78 is 0. The topological polar surface area (TPSA) is 61.5 Å². The first-order valence-corrected chi connectivity index (χ1v) is 7.85. The number of nitrogens with zero attached hydrogens (tertiary/aromatic N) is 5. The highest BCUT2D eigenvalue weighted by molar-refractivity contribution is 5.75. The molecule has 0 aliphatic carbocycles. The van der Waals surface area contributed by atoms with E-state index >= 15 is 0 Å². The van der Waals surface area contributed by atoms with Crippen molar-refractivity contribution in [2.75, 3.05) is 55.8 Å². The normalized spacial score (nSPS) is 16.5. The van der Waals surface area contributed by atoms with Crippen LogP contribution in [0.3, 0.4) is 0 Å². The molecule has 1 aliphatic rings. The van der Waals surface area contributed by atoms with Crippen LogP contribution in [-0.4, -0.2) is 61.2 Å². The minimum Gasteiger partial charge on any atom is -0.393 e. The fourth-order valence-corrected chi connectivity index (χ4v) is 3.00. The molecule has 1 fully saturated rings. The lowest BCUT2D eigenvalue weighted by atomic mass is 10.0. The molecule has 1 aromatic heterocycles. The Bertz CT molecular complexity index is 449. The molecule has 0 spiro atoms. The molecule has 0 atom stereocenters. The lowest BCUT2D eigenvalue weighted by molar-refractivity contribution is 0.249. The summed E-state index contributed by atoms with van der Waals surface area (Å²) in [4.78, 5) is 15.6. The Morgan fingerprint density at radius 3 is 2.33 bits per heavy atom. The van der Waals surface area contributed by atoms with Crippen LogP contribution in [0, 0.1) is 0 Å². The van der Waals surface area contributed by atoms with E-state index in [9.17, 15) is 0 Å². The summed E-state index contributed by atoms with van der Waals surface area (Å²) in [6, 6.07) is 0.659. The molecule has 2 heterocycles. The Morgan fingerprint density at radius 1 is 1.19 bits per heavy atom. The van der Waals surface area contributed by atoms with Crippen molar-refractivity contribution in [1.82, 2.24) is 14.9 Å². The van der Waals surface area contributed by atoms with Crippen molar-refractivity contribution in [3.05, 3.63) is 6.33 Å². The quantitative estimate of drug-likeness (QED) is 0.886. The van der Waals surface area contributed by atoms with Gasteiger partial charge in [0.2, 0.25) is 0 Å². The van der Waals surface area contributed by atoms with E-state index in [0.717, 1.165) is 50.7 Å². The molecule has 1 aliphatic heterocycles. The molecule has 2 rings (SSSR count). The van der Waals surface area contributed by atoms with E-state index in [1.54, 1.807) is 6.33 Å². The minimum absolute atomic E-state index is 0.659. The van der Waals surface area contributed by atoms with E-state index in [0.29, 0.717) is 11.7 Å². The fraction of sp³-hybridized carbons (Fsp3) is 0.733. The van der Waals surface area contributed by atoms with Crippen LogP contribution in [0.1, 0.15) is 26.7 Å². The van der Waals surface area contributed by atoms with E-state index in [4.69, 9.17) is 5.73 Å². The smallest absolute Gasteiger partial charge is 0.157 e. The molecule has 1 saturated heterocycles. The first-order valence-electron chi connectivity index (χ1n) is 7.85. The van der Waals surface area contributed by atoms with Gasteiger partial charge in [-0.3, -0.25) is 0 Å². The van der Waals surface area contributed by atoms with Gasteiger partial charge in [0.1, 0.15) is 12.0 Å². The molecule has 118 valence electrons. The van der Waals surface area contributed by atoms with Crippen LogP contribution in [-0.2, 0) is 0 Å². The zero-order chi connectivity index (χ0) is 15.4. The van der Waals surface area contributed by atoms with Crippen molar-refractivity contribution in [3.63, 3.8) is 0 Å². The molecule has 2 N–H and O–H groups in total. The highest BCUT2D eigenvalue weighted by atomic mass is 15.3. The summed E-state index contributed by atoms with van der Waals surface area (Å²) in [5.74, 6) is 1.75. The number of rotatable bonds is 5. The van der Waals surface area contributed by atoms with Gasteiger partial charge in [0, 0.05) is 32.2 Å². The summed E-state index contributed by atoms with van der Waals surface area (Å²) >= 11 is 0. The Hall–Kier alpha value is -1.56. The van der Waals surface area contributed by atoms with Gasteiger partial charge in [-0.1, -0.05) is 0 Å². The Kier molecular flexibility index (Phi) is 5.22. The van der Waals surface area contributed by atoms with Crippen LogP contribution in [0.2, 0.25) is 0 Å². The lowest BCUT2D eigenvalue weighted by Gasteiger charge is -2.36. The maximum Gasteiger partial charge on any atom is 0.157 e. The first-order chi connectivity index (χ1) is 10.1. The number of hydrogen-bond acceptors (Lipinski definition) is 6. The predicted molar refractivity (Wildman–Crippen MR) is 88.9 cm³/mol. The minimum atomic E-state index is 0.659. The Balaban J connectivity index is 2.16. The third-order valence-corrected chi connectivity index (χ3v) is 4.40. The van der Waals surface area contributed by atoms with Gasteiger partial charge in [0.25, 0.3) is 0 Å². The van der Waals surface area contributed by atoms with Gasteiger partial charge >= 0.3 is 0 Å². The molecular formula is C15H28N6. The van der Waals surface area contributed by atoms with Crippen LogP contribution in [0.4, 0.5) is 17.3 Å². The highest BCUT2D eigenvalue weighted by Gasteiger charge is 2.24. The van der Waals surface area contributed by atoms with Crippen LogP contribution < -0.4 is 15.5 Å². The standard InChI is InChI=1S/C15H28N6/c1-5-20(6-2)14-13(16)15(18-11-17-14)21-9-7-12(8-10-21)19(3)4/h11-12H,5-10,16H2,1-4H3. The summed E-state index contributed by atoms with van der Waals surface area (Å²) in [5.41, 5.74) is 7.05. The van der Waals surface area contributed by atoms with Crippen molar-refractivity contribution in [1.29, 1.82) is 0 Å². The van der Waals surface area contributed by atoms with Crippen molar-refractivity contribution in [2.24, 2.45) is 0 Å². The summed E-state index contributed by atoms with van der Waals surface area (Å²) in [6.07, 6.45) is 3.94. The third-order valence-electron chi connectivity index (χ3n) is 4.40. The van der Waals surface area contributed by atoms with Crippen LogP contribution in [0.15, 0.2) is 6.33 Å². The largest absolute Gasteiger partial charge is 0.393 e. The van der Waals surface area contributed by atoms with E-state index in [-0.39, 0.29) is 0 Å². The molecule has 6 nitrogen and oxygen atoms in total. The molecular weight excluding hydrogens is 264 g/mol. The highest BCUT2D eigenvalue weighted by Crippen LogP contribution is 2.30. The van der Waals surface area contributed by atoms with Gasteiger partial charge < -0.3 is 20.4 Å². The zero-order valence-electron chi connectivity index (χ0n) is 13.7. The van der Waals surface area contributed by atoms with Gasteiger partial charge in [0.15, 0.2) is 11.6 Å². The van der Waals surface area contributed by atoms with Gasteiger partial charge in [-0.25, -0.2) is 9.97 Å². The Labute approximate surface area is 127 Å². The Morgan fingerprint density at radius 2 is 1.81 bits per heavy atom. The third kappa shape index (κ3) is 3.37. The average molecular weight is 292 g/mol. The molecule has 0 saturated carbocycles. The SMILES string of the molecule is CCN(CC)c1ncnc(N2CCC(N(C)C)CC2)c1N. The lowest BCUT2D eigenvalue weighted by Crippen LogP contribution is -2.42. The molecule has 0 unspecified atom stereocenters. The summed E-state index contributed by atoms with van der Waals surface area (Å²) in [7, 11) is 4.30. The number of anilines is 3. The zero-order valence-corrected chi connectivity index (χ0v) is 13.7. The van der Waals surface area contributed by atoms with Gasteiger partial charge in [-0.15, -0.1) is 0 Å². The summed E-state index contributed by atoms with van der Waals surface area (Å²) in [5, 5.41) is 0. The van der Waals surface area contributed by atoms with Crippen molar-refractivity contribution < 1.29 is 0 Å². The van der Waals surface area contributed by atoms with Crippen LogP contribution in [0.5, 0.6) is 0 Å². The van der Waals surface area contributed by atoms with E-state index in [2.05, 4.69) is 52.6 Å². The van der Waals surface area contributed by atoms with E-state index in [1.165, 1.54) is 0 Å². The second-order valence-electron chi connectivity index (χ2n) is 5.79. The molecule has 6 heteroatoms. The second kappa shape index (κ2) is 6.93. The van der Waals surface area contributed by atoms with Crippen molar-refractivity contribution >= 4 is 17.3 Å². The maximum atomic E-state index is 6.34. The molecule has 21 heavy (non-hydrogen) atoms. The number of hydrogen-bond donors (Lipinski definition) is 1. The molecule has 0 aromatic carbocycles. The number of nitrogen functional groups attached to an aromatic ring is 1. The number of nitrogens with two attached hydrogens (primary N) is 1. The van der Waals surface area contributed by atoms with Crippen LogP contribution in [0.25, 0.3) is 0 Å².